The highest BCUT2D eigenvalue weighted by Gasteiger charge is 2.24. The zero-order valence-electron chi connectivity index (χ0n) is 16.7. The van der Waals surface area contributed by atoms with Gasteiger partial charge in [0, 0.05) is 70.8 Å². The van der Waals surface area contributed by atoms with Gasteiger partial charge in [0.2, 0.25) is 5.91 Å². The summed E-state index contributed by atoms with van der Waals surface area (Å²) in [6, 6.07) is 7.02. The molecule has 1 aliphatic rings. The number of carbonyl (C=O) groups excluding carboxylic acids is 3. The van der Waals surface area contributed by atoms with Crippen LogP contribution >= 0.6 is 0 Å². The van der Waals surface area contributed by atoms with Gasteiger partial charge in [-0.1, -0.05) is 0 Å². The highest BCUT2D eigenvalue weighted by atomic mass is 16.2. The van der Waals surface area contributed by atoms with E-state index >= 15 is 0 Å². The van der Waals surface area contributed by atoms with Gasteiger partial charge in [0.15, 0.2) is 0 Å². The van der Waals surface area contributed by atoms with Crippen LogP contribution in [0.2, 0.25) is 0 Å². The third-order valence-electron chi connectivity index (χ3n) is 5.07. The lowest BCUT2D eigenvalue weighted by Gasteiger charge is -2.34. The van der Waals surface area contributed by atoms with Crippen LogP contribution in [0.4, 0.5) is 0 Å². The van der Waals surface area contributed by atoms with Gasteiger partial charge in [-0.15, -0.1) is 0 Å². The van der Waals surface area contributed by atoms with Crippen LogP contribution in [-0.2, 0) is 11.2 Å². The van der Waals surface area contributed by atoms with Crippen LogP contribution in [-0.4, -0.2) is 82.2 Å². The average Bonchev–Trinajstić information content (AvgIpc) is 2.77. The van der Waals surface area contributed by atoms with Crippen molar-refractivity contribution in [3.63, 3.8) is 0 Å². The van der Waals surface area contributed by atoms with Crippen molar-refractivity contribution in [2.45, 2.75) is 13.3 Å². The SMILES string of the molecule is CC(=O)N1CCN(C(=O)c2cc(C(=O)N(C)CCc3ccncc3)ccn2)CC1. The van der Waals surface area contributed by atoms with Crippen molar-refractivity contribution in [1.29, 1.82) is 0 Å². The molecule has 1 aliphatic heterocycles. The van der Waals surface area contributed by atoms with Crippen LogP contribution in [0.5, 0.6) is 0 Å². The smallest absolute Gasteiger partial charge is 0.272 e. The topological polar surface area (TPSA) is 86.7 Å². The van der Waals surface area contributed by atoms with Crippen LogP contribution in [0.25, 0.3) is 0 Å². The molecular weight excluding hydrogens is 370 g/mol. The quantitative estimate of drug-likeness (QED) is 0.757. The highest BCUT2D eigenvalue weighted by molar-refractivity contribution is 5.98. The molecule has 8 heteroatoms. The largest absolute Gasteiger partial charge is 0.341 e. The number of rotatable bonds is 5. The molecule has 3 rings (SSSR count). The van der Waals surface area contributed by atoms with Crippen LogP contribution in [0.15, 0.2) is 42.9 Å². The van der Waals surface area contributed by atoms with Gasteiger partial charge in [-0.2, -0.15) is 0 Å². The fourth-order valence-electron chi connectivity index (χ4n) is 3.24. The highest BCUT2D eigenvalue weighted by Crippen LogP contribution is 2.11. The number of pyridine rings is 2. The molecule has 1 fully saturated rings. The summed E-state index contributed by atoms with van der Waals surface area (Å²) >= 11 is 0. The first-order chi connectivity index (χ1) is 14.0. The second kappa shape index (κ2) is 9.27. The Morgan fingerprint density at radius 2 is 1.66 bits per heavy atom. The second-order valence-electron chi connectivity index (χ2n) is 7.06. The molecule has 1 saturated heterocycles. The molecular formula is C21H25N5O3. The standard InChI is InChI=1S/C21H25N5O3/c1-16(27)25-11-13-26(14-12-25)21(29)19-15-18(5-9-23-19)20(28)24(2)10-6-17-3-7-22-8-4-17/h3-5,7-9,15H,6,10-14H2,1-2H3. The van der Waals surface area contributed by atoms with E-state index < -0.39 is 0 Å². The van der Waals surface area contributed by atoms with Crippen molar-refractivity contribution in [3.8, 4) is 0 Å². The number of hydrogen-bond acceptors (Lipinski definition) is 5. The predicted octanol–water partition coefficient (Wildman–Crippen LogP) is 1.10. The molecule has 0 N–H and O–H groups in total. The van der Waals surface area contributed by atoms with Crippen molar-refractivity contribution in [1.82, 2.24) is 24.7 Å². The fourth-order valence-corrected chi connectivity index (χ4v) is 3.24. The Kier molecular flexibility index (Phi) is 6.54. The van der Waals surface area contributed by atoms with Crippen LogP contribution in [0.3, 0.4) is 0 Å². The van der Waals surface area contributed by atoms with Gasteiger partial charge in [-0.25, -0.2) is 0 Å². The molecule has 0 aromatic carbocycles. The Balaban J connectivity index is 1.61. The summed E-state index contributed by atoms with van der Waals surface area (Å²) in [7, 11) is 1.74. The number of carbonyl (C=O) groups is 3. The number of amides is 3. The van der Waals surface area contributed by atoms with Crippen molar-refractivity contribution in [3.05, 3.63) is 59.7 Å². The van der Waals surface area contributed by atoms with E-state index in [9.17, 15) is 14.4 Å². The minimum atomic E-state index is -0.220. The van der Waals surface area contributed by atoms with Gasteiger partial charge in [0.05, 0.1) is 0 Å². The van der Waals surface area contributed by atoms with E-state index in [1.54, 1.807) is 46.3 Å². The van der Waals surface area contributed by atoms with E-state index in [2.05, 4.69) is 9.97 Å². The molecule has 0 bridgehead atoms. The van der Waals surface area contributed by atoms with Gasteiger partial charge in [0.1, 0.15) is 5.69 Å². The molecule has 2 aromatic rings. The lowest BCUT2D eigenvalue weighted by atomic mass is 10.1. The van der Waals surface area contributed by atoms with Crippen LogP contribution < -0.4 is 0 Å². The zero-order chi connectivity index (χ0) is 20.8. The number of aromatic nitrogens is 2. The maximum Gasteiger partial charge on any atom is 0.272 e. The molecule has 152 valence electrons. The first-order valence-electron chi connectivity index (χ1n) is 9.61. The number of nitrogens with zero attached hydrogens (tertiary/aromatic N) is 5. The molecule has 0 radical (unpaired) electrons. The van der Waals surface area contributed by atoms with E-state index in [4.69, 9.17) is 0 Å². The summed E-state index contributed by atoms with van der Waals surface area (Å²) in [5.41, 5.74) is 1.78. The van der Waals surface area contributed by atoms with E-state index in [0.29, 0.717) is 38.3 Å². The van der Waals surface area contributed by atoms with E-state index in [1.165, 1.54) is 13.1 Å². The molecule has 29 heavy (non-hydrogen) atoms. The fraction of sp³-hybridized carbons (Fsp3) is 0.381. The van der Waals surface area contributed by atoms with E-state index in [0.717, 1.165) is 12.0 Å². The zero-order valence-corrected chi connectivity index (χ0v) is 16.7. The maximum absolute atomic E-state index is 12.8. The second-order valence-corrected chi connectivity index (χ2v) is 7.06. The summed E-state index contributed by atoms with van der Waals surface area (Å²) in [6.45, 7) is 4.03. The summed E-state index contributed by atoms with van der Waals surface area (Å²) < 4.78 is 0. The van der Waals surface area contributed by atoms with Gasteiger partial charge in [0.25, 0.3) is 11.8 Å². The predicted molar refractivity (Wildman–Crippen MR) is 107 cm³/mol. The summed E-state index contributed by atoms with van der Waals surface area (Å²) in [5, 5.41) is 0. The normalized spacial score (nSPS) is 13.9. The molecule has 2 aromatic heterocycles. The molecule has 0 saturated carbocycles. The van der Waals surface area contributed by atoms with E-state index in [-0.39, 0.29) is 23.4 Å². The average molecular weight is 395 g/mol. The molecule has 0 spiro atoms. The number of piperazine rings is 1. The van der Waals surface area contributed by atoms with Crippen molar-refractivity contribution >= 4 is 17.7 Å². The van der Waals surface area contributed by atoms with Gasteiger partial charge >= 0.3 is 0 Å². The summed E-state index contributed by atoms with van der Waals surface area (Å²) in [5.74, 6) is -0.364. The molecule has 8 nitrogen and oxygen atoms in total. The summed E-state index contributed by atoms with van der Waals surface area (Å²) in [6.07, 6.45) is 5.67. The van der Waals surface area contributed by atoms with Gasteiger partial charge in [-0.3, -0.25) is 24.4 Å². The maximum atomic E-state index is 12.8. The molecule has 0 aliphatic carbocycles. The molecule has 0 unspecified atom stereocenters. The van der Waals surface area contributed by atoms with Gasteiger partial charge in [-0.05, 0) is 36.2 Å². The Morgan fingerprint density at radius 3 is 2.31 bits per heavy atom. The first-order valence-corrected chi connectivity index (χ1v) is 9.61. The number of hydrogen-bond donors (Lipinski definition) is 0. The van der Waals surface area contributed by atoms with Crippen molar-refractivity contribution in [2.75, 3.05) is 39.8 Å². The Hall–Kier alpha value is -3.29. The Morgan fingerprint density at radius 1 is 1.00 bits per heavy atom. The van der Waals surface area contributed by atoms with Crippen molar-refractivity contribution < 1.29 is 14.4 Å². The minimum Gasteiger partial charge on any atom is -0.341 e. The third kappa shape index (κ3) is 5.16. The minimum absolute atomic E-state index is 0.0117. The third-order valence-corrected chi connectivity index (χ3v) is 5.07. The lowest BCUT2D eigenvalue weighted by Crippen LogP contribution is -2.50. The van der Waals surface area contributed by atoms with Crippen molar-refractivity contribution in [2.24, 2.45) is 0 Å². The molecule has 3 heterocycles. The first kappa shape index (κ1) is 20.4. The monoisotopic (exact) mass is 395 g/mol. The van der Waals surface area contributed by atoms with Gasteiger partial charge < -0.3 is 14.7 Å². The number of likely N-dealkylation sites (N-methyl/N-ethyl adjacent to an activating group) is 1. The Bertz CT molecular complexity index is 879. The van der Waals surface area contributed by atoms with Crippen LogP contribution in [0, 0.1) is 0 Å². The lowest BCUT2D eigenvalue weighted by molar-refractivity contribution is -0.130. The molecule has 3 amide bonds. The molecule has 0 atom stereocenters. The van der Waals surface area contributed by atoms with E-state index in [1.807, 2.05) is 12.1 Å². The Labute approximate surface area is 170 Å². The van der Waals surface area contributed by atoms with Crippen LogP contribution in [0.1, 0.15) is 33.3 Å². The summed E-state index contributed by atoms with van der Waals surface area (Å²) in [4.78, 5) is 50.1.